The van der Waals surface area contributed by atoms with Crippen LogP contribution in [-0.4, -0.2) is 12.1 Å². The van der Waals surface area contributed by atoms with Crippen molar-refractivity contribution < 1.29 is 9.59 Å². The maximum absolute atomic E-state index is 11.4. The highest BCUT2D eigenvalue weighted by molar-refractivity contribution is 5.78. The summed E-state index contributed by atoms with van der Waals surface area (Å²) in [5.41, 5.74) is 0. The zero-order chi connectivity index (χ0) is 11.0. The molecule has 82 valence electrons. The Morgan fingerprint density at radius 2 is 1.93 bits per heavy atom. The van der Waals surface area contributed by atoms with Crippen LogP contribution in [0.15, 0.2) is 0 Å². The van der Waals surface area contributed by atoms with Gasteiger partial charge in [-0.3, -0.25) is 4.79 Å². The molecule has 0 spiro atoms. The SMILES string of the molecule is CCC(C)CC(=O)CCC(C)CC=O. The second kappa shape index (κ2) is 7.72. The molecule has 0 bridgehead atoms. The zero-order valence-corrected chi connectivity index (χ0v) is 9.58. The van der Waals surface area contributed by atoms with Gasteiger partial charge in [-0.2, -0.15) is 0 Å². The Kier molecular flexibility index (Phi) is 7.35. The predicted octanol–water partition coefficient (Wildman–Crippen LogP) is 3.00. The lowest BCUT2D eigenvalue weighted by Crippen LogP contribution is -2.07. The fourth-order valence-corrected chi connectivity index (χ4v) is 1.32. The van der Waals surface area contributed by atoms with Crippen LogP contribution >= 0.6 is 0 Å². The van der Waals surface area contributed by atoms with E-state index in [1.165, 1.54) is 0 Å². The van der Waals surface area contributed by atoms with Gasteiger partial charge in [-0.05, 0) is 18.3 Å². The van der Waals surface area contributed by atoms with Gasteiger partial charge < -0.3 is 4.79 Å². The first-order valence-corrected chi connectivity index (χ1v) is 5.55. The largest absolute Gasteiger partial charge is 0.303 e. The highest BCUT2D eigenvalue weighted by Crippen LogP contribution is 2.13. The molecule has 0 aromatic carbocycles. The molecule has 0 aliphatic heterocycles. The van der Waals surface area contributed by atoms with E-state index in [4.69, 9.17) is 0 Å². The third-order valence-corrected chi connectivity index (χ3v) is 2.69. The molecule has 14 heavy (non-hydrogen) atoms. The first-order valence-electron chi connectivity index (χ1n) is 5.55. The molecule has 0 amide bonds. The molecule has 0 aliphatic carbocycles. The van der Waals surface area contributed by atoms with Crippen molar-refractivity contribution in [3.63, 3.8) is 0 Å². The van der Waals surface area contributed by atoms with Crippen molar-refractivity contribution in [2.45, 2.75) is 52.9 Å². The average Bonchev–Trinajstić information content (AvgIpc) is 2.15. The van der Waals surface area contributed by atoms with Crippen molar-refractivity contribution in [2.75, 3.05) is 0 Å². The van der Waals surface area contributed by atoms with Gasteiger partial charge in [0.25, 0.3) is 0 Å². The molecular weight excluding hydrogens is 176 g/mol. The number of carbonyl (C=O) groups excluding carboxylic acids is 2. The van der Waals surface area contributed by atoms with E-state index in [0.29, 0.717) is 36.9 Å². The van der Waals surface area contributed by atoms with Crippen LogP contribution in [0.25, 0.3) is 0 Å². The molecule has 0 aromatic rings. The monoisotopic (exact) mass is 198 g/mol. The molecule has 2 heteroatoms. The summed E-state index contributed by atoms with van der Waals surface area (Å²) >= 11 is 0. The molecule has 0 saturated heterocycles. The first kappa shape index (κ1) is 13.3. The van der Waals surface area contributed by atoms with Gasteiger partial charge in [-0.25, -0.2) is 0 Å². The fourth-order valence-electron chi connectivity index (χ4n) is 1.32. The lowest BCUT2D eigenvalue weighted by molar-refractivity contribution is -0.120. The van der Waals surface area contributed by atoms with Crippen molar-refractivity contribution in [1.82, 2.24) is 0 Å². The maximum Gasteiger partial charge on any atom is 0.133 e. The van der Waals surface area contributed by atoms with E-state index in [0.717, 1.165) is 19.1 Å². The standard InChI is InChI=1S/C12H22O2/c1-4-10(2)9-12(14)6-5-11(3)7-8-13/h8,10-11H,4-7,9H2,1-3H3. The molecule has 0 N–H and O–H groups in total. The number of ketones is 1. The molecule has 0 radical (unpaired) electrons. The first-order chi connectivity index (χ1) is 6.60. The summed E-state index contributed by atoms with van der Waals surface area (Å²) in [5, 5.41) is 0. The Bertz CT molecular complexity index is 175. The van der Waals surface area contributed by atoms with Gasteiger partial charge in [-0.1, -0.05) is 27.2 Å². The van der Waals surface area contributed by atoms with Crippen molar-refractivity contribution in [2.24, 2.45) is 11.8 Å². The summed E-state index contributed by atoms with van der Waals surface area (Å²) in [4.78, 5) is 21.6. The van der Waals surface area contributed by atoms with E-state index in [9.17, 15) is 9.59 Å². The number of Topliss-reactive ketones (excluding diaryl/α,β-unsaturated/α-hetero) is 1. The van der Waals surface area contributed by atoms with Gasteiger partial charge in [0.1, 0.15) is 12.1 Å². The van der Waals surface area contributed by atoms with E-state index in [1.54, 1.807) is 0 Å². The smallest absolute Gasteiger partial charge is 0.133 e. The Labute approximate surface area is 87.1 Å². The Morgan fingerprint density at radius 1 is 1.29 bits per heavy atom. The summed E-state index contributed by atoms with van der Waals surface area (Å²) in [5.74, 6) is 1.20. The van der Waals surface area contributed by atoms with E-state index in [-0.39, 0.29) is 0 Å². The Morgan fingerprint density at radius 3 is 2.43 bits per heavy atom. The highest BCUT2D eigenvalue weighted by atomic mass is 16.1. The molecule has 0 saturated carbocycles. The quantitative estimate of drug-likeness (QED) is 0.562. The van der Waals surface area contributed by atoms with E-state index < -0.39 is 0 Å². The lowest BCUT2D eigenvalue weighted by atomic mass is 9.95. The minimum Gasteiger partial charge on any atom is -0.303 e. The molecular formula is C12H22O2. The number of aldehydes is 1. The van der Waals surface area contributed by atoms with Crippen molar-refractivity contribution in [1.29, 1.82) is 0 Å². The number of hydrogen-bond acceptors (Lipinski definition) is 2. The van der Waals surface area contributed by atoms with E-state index in [2.05, 4.69) is 13.8 Å². The van der Waals surface area contributed by atoms with Crippen LogP contribution in [0.1, 0.15) is 52.9 Å². The molecule has 0 aliphatic rings. The third-order valence-electron chi connectivity index (χ3n) is 2.69. The van der Waals surface area contributed by atoms with Crippen LogP contribution in [0.2, 0.25) is 0 Å². The molecule has 2 atom stereocenters. The number of carbonyl (C=O) groups is 2. The van der Waals surface area contributed by atoms with Gasteiger partial charge in [0.05, 0.1) is 0 Å². The minimum atomic E-state index is 0.345. The van der Waals surface area contributed by atoms with Gasteiger partial charge >= 0.3 is 0 Å². The van der Waals surface area contributed by atoms with Crippen molar-refractivity contribution in [3.8, 4) is 0 Å². The summed E-state index contributed by atoms with van der Waals surface area (Å²) in [6.07, 6.45) is 4.77. The molecule has 2 nitrogen and oxygen atoms in total. The molecule has 0 heterocycles. The number of rotatable bonds is 8. The molecule has 0 aromatic heterocycles. The molecule has 2 unspecified atom stereocenters. The van der Waals surface area contributed by atoms with Crippen LogP contribution in [0.4, 0.5) is 0 Å². The lowest BCUT2D eigenvalue weighted by Gasteiger charge is -2.09. The summed E-state index contributed by atoms with van der Waals surface area (Å²) in [7, 11) is 0. The van der Waals surface area contributed by atoms with Gasteiger partial charge in [0.15, 0.2) is 0 Å². The van der Waals surface area contributed by atoms with Gasteiger partial charge in [-0.15, -0.1) is 0 Å². The van der Waals surface area contributed by atoms with Gasteiger partial charge in [0, 0.05) is 19.3 Å². The van der Waals surface area contributed by atoms with Crippen LogP contribution in [-0.2, 0) is 9.59 Å². The second-order valence-corrected chi connectivity index (χ2v) is 4.30. The maximum atomic E-state index is 11.4. The van der Waals surface area contributed by atoms with E-state index >= 15 is 0 Å². The third kappa shape index (κ3) is 6.81. The van der Waals surface area contributed by atoms with Crippen LogP contribution in [0.5, 0.6) is 0 Å². The van der Waals surface area contributed by atoms with Gasteiger partial charge in [0.2, 0.25) is 0 Å². The highest BCUT2D eigenvalue weighted by Gasteiger charge is 2.09. The van der Waals surface area contributed by atoms with Crippen molar-refractivity contribution in [3.05, 3.63) is 0 Å². The van der Waals surface area contributed by atoms with Crippen LogP contribution in [0.3, 0.4) is 0 Å². The number of hydrogen-bond donors (Lipinski definition) is 0. The predicted molar refractivity (Wildman–Crippen MR) is 58.2 cm³/mol. The summed E-state index contributed by atoms with van der Waals surface area (Å²) in [6, 6.07) is 0. The summed E-state index contributed by atoms with van der Waals surface area (Å²) in [6.45, 7) is 6.23. The molecule has 0 rings (SSSR count). The minimum absolute atomic E-state index is 0.345. The normalized spacial score (nSPS) is 14.8. The zero-order valence-electron chi connectivity index (χ0n) is 9.58. The van der Waals surface area contributed by atoms with E-state index in [1.807, 2.05) is 6.92 Å². The van der Waals surface area contributed by atoms with Crippen molar-refractivity contribution >= 4 is 12.1 Å². The molecule has 0 fully saturated rings. The second-order valence-electron chi connectivity index (χ2n) is 4.30. The Balaban J connectivity index is 3.57. The topological polar surface area (TPSA) is 34.1 Å². The van der Waals surface area contributed by atoms with Crippen LogP contribution < -0.4 is 0 Å². The summed E-state index contributed by atoms with van der Waals surface area (Å²) < 4.78 is 0. The Hall–Kier alpha value is -0.660. The van der Waals surface area contributed by atoms with Crippen LogP contribution in [0, 0.1) is 11.8 Å². The fraction of sp³-hybridized carbons (Fsp3) is 0.833. The average molecular weight is 198 g/mol.